The van der Waals surface area contributed by atoms with E-state index in [0.29, 0.717) is 12.1 Å². The monoisotopic (exact) mass is 343 g/mol. The topological polar surface area (TPSA) is 76.4 Å². The summed E-state index contributed by atoms with van der Waals surface area (Å²) in [6.07, 6.45) is 0.810. The Balaban J connectivity index is 1.54. The molecule has 6 heteroatoms. The molecule has 0 spiro atoms. The van der Waals surface area contributed by atoms with Gasteiger partial charge in [0.25, 0.3) is 0 Å². The molecule has 3 aromatic rings. The first-order chi connectivity index (χ1) is 11.5. The van der Waals surface area contributed by atoms with E-state index >= 15 is 0 Å². The summed E-state index contributed by atoms with van der Waals surface area (Å²) in [4.78, 5) is 12.2. The minimum atomic E-state index is -2.95. The molecule has 1 N–H and O–H groups in total. The third kappa shape index (κ3) is 2.89. The zero-order valence-electron chi connectivity index (χ0n) is 13.0. The molecule has 1 fully saturated rings. The fourth-order valence-corrected chi connectivity index (χ4v) is 5.17. The number of hydrogen-bond donors (Lipinski definition) is 1. The van der Waals surface area contributed by atoms with E-state index in [4.69, 9.17) is 4.42 Å². The SMILES string of the molecule is O=C(CC1CCS(=O)(=O)C1)Nc1ccc2oc3ccccc3c2c1. The maximum Gasteiger partial charge on any atom is 0.224 e. The molecular formula is C18H17NO4S. The summed E-state index contributed by atoms with van der Waals surface area (Å²) < 4.78 is 28.7. The van der Waals surface area contributed by atoms with Crippen LogP contribution in [0.4, 0.5) is 5.69 Å². The molecular weight excluding hydrogens is 326 g/mol. The molecule has 124 valence electrons. The molecule has 2 aromatic carbocycles. The Hall–Kier alpha value is -2.34. The number of amides is 1. The molecule has 0 radical (unpaired) electrons. The standard InChI is InChI=1S/C18H17NO4S/c20-18(9-12-7-8-24(21,22)11-12)19-13-5-6-17-15(10-13)14-3-1-2-4-16(14)23-17/h1-6,10,12H,7-9,11H2,(H,19,20). The second kappa shape index (κ2) is 5.63. The van der Waals surface area contributed by atoms with Crippen molar-refractivity contribution in [3.63, 3.8) is 0 Å². The fraction of sp³-hybridized carbons (Fsp3) is 0.278. The molecule has 1 aromatic heterocycles. The van der Waals surface area contributed by atoms with Gasteiger partial charge in [-0.15, -0.1) is 0 Å². The van der Waals surface area contributed by atoms with E-state index in [-0.39, 0.29) is 29.8 Å². The van der Waals surface area contributed by atoms with Crippen LogP contribution in [0, 0.1) is 5.92 Å². The van der Waals surface area contributed by atoms with Crippen LogP contribution in [0.1, 0.15) is 12.8 Å². The summed E-state index contributed by atoms with van der Waals surface area (Å²) in [6.45, 7) is 0. The predicted octanol–water partition coefficient (Wildman–Crippen LogP) is 3.35. The van der Waals surface area contributed by atoms with E-state index < -0.39 is 9.84 Å². The van der Waals surface area contributed by atoms with Crippen LogP contribution in [0.5, 0.6) is 0 Å². The van der Waals surface area contributed by atoms with Crippen molar-refractivity contribution in [2.45, 2.75) is 12.8 Å². The first kappa shape index (κ1) is 15.2. The minimum Gasteiger partial charge on any atom is -0.456 e. The molecule has 1 aliphatic heterocycles. The Labute approximate surface area is 139 Å². The Morgan fingerprint density at radius 3 is 2.71 bits per heavy atom. The highest BCUT2D eigenvalue weighted by atomic mass is 32.2. The lowest BCUT2D eigenvalue weighted by atomic mass is 10.0. The molecule has 0 bridgehead atoms. The summed E-state index contributed by atoms with van der Waals surface area (Å²) in [7, 11) is -2.95. The van der Waals surface area contributed by atoms with Crippen LogP contribution >= 0.6 is 0 Å². The second-order valence-corrected chi connectivity index (χ2v) is 8.56. The lowest BCUT2D eigenvalue weighted by Crippen LogP contribution is -2.17. The zero-order chi connectivity index (χ0) is 16.7. The number of rotatable bonds is 3. The zero-order valence-corrected chi connectivity index (χ0v) is 13.8. The van der Waals surface area contributed by atoms with Crippen LogP contribution in [0.2, 0.25) is 0 Å². The lowest BCUT2D eigenvalue weighted by molar-refractivity contribution is -0.116. The molecule has 1 aliphatic rings. The Bertz CT molecular complexity index is 1040. The number of carbonyl (C=O) groups excluding carboxylic acids is 1. The van der Waals surface area contributed by atoms with Crippen LogP contribution in [-0.4, -0.2) is 25.8 Å². The Kier molecular flexibility index (Phi) is 3.57. The van der Waals surface area contributed by atoms with Crippen molar-refractivity contribution in [3.8, 4) is 0 Å². The van der Waals surface area contributed by atoms with Gasteiger partial charge in [-0.05, 0) is 36.6 Å². The van der Waals surface area contributed by atoms with Crippen LogP contribution in [-0.2, 0) is 14.6 Å². The minimum absolute atomic E-state index is 0.0755. The van der Waals surface area contributed by atoms with Gasteiger partial charge in [0, 0.05) is 22.9 Å². The maximum absolute atomic E-state index is 12.2. The first-order valence-electron chi connectivity index (χ1n) is 7.92. The van der Waals surface area contributed by atoms with Crippen molar-refractivity contribution in [2.24, 2.45) is 5.92 Å². The van der Waals surface area contributed by atoms with Crippen molar-refractivity contribution < 1.29 is 17.6 Å². The number of sulfone groups is 1. The van der Waals surface area contributed by atoms with E-state index in [2.05, 4.69) is 5.32 Å². The third-order valence-electron chi connectivity index (χ3n) is 4.46. The van der Waals surface area contributed by atoms with Crippen LogP contribution in [0.15, 0.2) is 46.9 Å². The quantitative estimate of drug-likeness (QED) is 0.791. The number of furan rings is 1. The van der Waals surface area contributed by atoms with E-state index in [0.717, 1.165) is 21.9 Å². The molecule has 4 rings (SSSR count). The van der Waals surface area contributed by atoms with E-state index in [1.165, 1.54) is 0 Å². The van der Waals surface area contributed by atoms with Gasteiger partial charge in [-0.2, -0.15) is 0 Å². The fourth-order valence-electron chi connectivity index (χ4n) is 3.31. The van der Waals surface area contributed by atoms with Crippen molar-refractivity contribution in [3.05, 3.63) is 42.5 Å². The van der Waals surface area contributed by atoms with Crippen LogP contribution < -0.4 is 5.32 Å². The molecule has 2 heterocycles. The van der Waals surface area contributed by atoms with Crippen molar-refractivity contribution in [1.82, 2.24) is 0 Å². The Morgan fingerprint density at radius 1 is 1.12 bits per heavy atom. The smallest absolute Gasteiger partial charge is 0.224 e. The van der Waals surface area contributed by atoms with Crippen LogP contribution in [0.3, 0.4) is 0 Å². The second-order valence-electron chi connectivity index (χ2n) is 6.33. The van der Waals surface area contributed by atoms with Gasteiger partial charge in [0.15, 0.2) is 9.84 Å². The molecule has 1 unspecified atom stereocenters. The number of hydrogen-bond acceptors (Lipinski definition) is 4. The maximum atomic E-state index is 12.2. The van der Waals surface area contributed by atoms with Gasteiger partial charge in [-0.25, -0.2) is 8.42 Å². The van der Waals surface area contributed by atoms with Gasteiger partial charge in [0.2, 0.25) is 5.91 Å². The first-order valence-corrected chi connectivity index (χ1v) is 9.74. The summed E-state index contributed by atoms with van der Waals surface area (Å²) in [5, 5.41) is 4.82. The molecule has 0 saturated carbocycles. The molecule has 5 nitrogen and oxygen atoms in total. The molecule has 1 amide bonds. The number of carbonyl (C=O) groups is 1. The highest BCUT2D eigenvalue weighted by Gasteiger charge is 2.29. The lowest BCUT2D eigenvalue weighted by Gasteiger charge is -2.08. The van der Waals surface area contributed by atoms with Crippen molar-refractivity contribution in [1.29, 1.82) is 0 Å². The summed E-state index contributed by atoms with van der Waals surface area (Å²) in [6, 6.07) is 13.3. The third-order valence-corrected chi connectivity index (χ3v) is 6.30. The van der Waals surface area contributed by atoms with Crippen molar-refractivity contribution >= 4 is 43.4 Å². The average Bonchev–Trinajstić information content (AvgIpc) is 3.07. The summed E-state index contributed by atoms with van der Waals surface area (Å²) in [5.74, 6) is 0.0849. The van der Waals surface area contributed by atoms with E-state index in [9.17, 15) is 13.2 Å². The predicted molar refractivity (Wildman–Crippen MR) is 93.7 cm³/mol. The molecule has 0 aliphatic carbocycles. The summed E-state index contributed by atoms with van der Waals surface area (Å²) >= 11 is 0. The van der Waals surface area contributed by atoms with Gasteiger partial charge in [0.1, 0.15) is 11.2 Å². The van der Waals surface area contributed by atoms with Crippen LogP contribution in [0.25, 0.3) is 21.9 Å². The van der Waals surface area contributed by atoms with Gasteiger partial charge in [-0.3, -0.25) is 4.79 Å². The van der Waals surface area contributed by atoms with Crippen molar-refractivity contribution in [2.75, 3.05) is 16.8 Å². The largest absolute Gasteiger partial charge is 0.456 e. The van der Waals surface area contributed by atoms with Gasteiger partial charge in [-0.1, -0.05) is 18.2 Å². The number of fused-ring (bicyclic) bond motifs is 3. The molecule has 1 atom stereocenters. The number of nitrogens with one attached hydrogen (secondary N) is 1. The number of benzene rings is 2. The van der Waals surface area contributed by atoms with E-state index in [1.807, 2.05) is 36.4 Å². The van der Waals surface area contributed by atoms with Gasteiger partial charge in [0.05, 0.1) is 11.5 Å². The van der Waals surface area contributed by atoms with Gasteiger partial charge < -0.3 is 9.73 Å². The highest BCUT2D eigenvalue weighted by Crippen LogP contribution is 2.30. The number of anilines is 1. The molecule has 1 saturated heterocycles. The highest BCUT2D eigenvalue weighted by molar-refractivity contribution is 7.91. The number of para-hydroxylation sites is 1. The van der Waals surface area contributed by atoms with E-state index in [1.54, 1.807) is 6.07 Å². The summed E-state index contributed by atoms with van der Waals surface area (Å²) in [5.41, 5.74) is 2.28. The van der Waals surface area contributed by atoms with Gasteiger partial charge >= 0.3 is 0 Å². The molecule has 24 heavy (non-hydrogen) atoms. The average molecular weight is 343 g/mol. The Morgan fingerprint density at radius 2 is 1.92 bits per heavy atom. The normalized spacial score (nSPS) is 19.8.